The molecule has 1 atom stereocenters. The van der Waals surface area contributed by atoms with E-state index in [0.717, 1.165) is 19.4 Å². The van der Waals surface area contributed by atoms with E-state index in [-0.39, 0.29) is 11.9 Å². The van der Waals surface area contributed by atoms with Gasteiger partial charge in [0.1, 0.15) is 0 Å². The van der Waals surface area contributed by atoms with E-state index in [2.05, 4.69) is 5.32 Å². The Labute approximate surface area is 104 Å². The van der Waals surface area contributed by atoms with Crippen molar-refractivity contribution < 1.29 is 9.53 Å². The van der Waals surface area contributed by atoms with Gasteiger partial charge < -0.3 is 15.8 Å². The Kier molecular flexibility index (Phi) is 6.52. The Balaban J connectivity index is 2.19. The Bertz CT molecular complexity index is 225. The van der Waals surface area contributed by atoms with Crippen LogP contribution >= 0.6 is 0 Å². The molecule has 0 saturated heterocycles. The molecule has 0 heterocycles. The third kappa shape index (κ3) is 5.50. The SMILES string of the molecule is COCC(C)NC(=O)CC1CCC(CN)CC1. The van der Waals surface area contributed by atoms with Gasteiger partial charge in [0.15, 0.2) is 0 Å². The quantitative estimate of drug-likeness (QED) is 0.737. The molecule has 1 amide bonds. The number of carbonyl (C=O) groups is 1. The van der Waals surface area contributed by atoms with Crippen LogP contribution < -0.4 is 11.1 Å². The molecule has 1 rings (SSSR count). The van der Waals surface area contributed by atoms with Gasteiger partial charge >= 0.3 is 0 Å². The number of methoxy groups -OCH3 is 1. The fourth-order valence-corrected chi connectivity index (χ4v) is 2.56. The van der Waals surface area contributed by atoms with Crippen molar-refractivity contribution in [1.29, 1.82) is 0 Å². The van der Waals surface area contributed by atoms with Crippen LogP contribution in [-0.2, 0) is 9.53 Å². The molecule has 1 unspecified atom stereocenters. The van der Waals surface area contributed by atoms with E-state index in [1.54, 1.807) is 7.11 Å². The number of rotatable bonds is 6. The van der Waals surface area contributed by atoms with Gasteiger partial charge in [-0.2, -0.15) is 0 Å². The van der Waals surface area contributed by atoms with Crippen LogP contribution in [0.1, 0.15) is 39.0 Å². The summed E-state index contributed by atoms with van der Waals surface area (Å²) in [7, 11) is 1.65. The zero-order valence-corrected chi connectivity index (χ0v) is 11.1. The van der Waals surface area contributed by atoms with Crippen molar-refractivity contribution >= 4 is 5.91 Å². The number of ether oxygens (including phenoxy) is 1. The molecule has 1 fully saturated rings. The second kappa shape index (κ2) is 7.67. The molecule has 0 aromatic rings. The summed E-state index contributed by atoms with van der Waals surface area (Å²) in [5.74, 6) is 1.39. The maximum Gasteiger partial charge on any atom is 0.220 e. The average molecular weight is 242 g/mol. The van der Waals surface area contributed by atoms with Crippen molar-refractivity contribution in [2.75, 3.05) is 20.3 Å². The minimum atomic E-state index is 0.105. The van der Waals surface area contributed by atoms with Gasteiger partial charge in [-0.05, 0) is 51.0 Å². The van der Waals surface area contributed by atoms with E-state index in [9.17, 15) is 4.79 Å². The smallest absolute Gasteiger partial charge is 0.220 e. The van der Waals surface area contributed by atoms with Gasteiger partial charge in [0, 0.05) is 19.6 Å². The van der Waals surface area contributed by atoms with Crippen LogP contribution in [0.5, 0.6) is 0 Å². The van der Waals surface area contributed by atoms with Crippen molar-refractivity contribution in [2.45, 2.75) is 45.1 Å². The van der Waals surface area contributed by atoms with Gasteiger partial charge in [0.2, 0.25) is 5.91 Å². The van der Waals surface area contributed by atoms with Gasteiger partial charge in [-0.3, -0.25) is 4.79 Å². The molecule has 0 aliphatic heterocycles. The molecule has 0 aromatic carbocycles. The molecular weight excluding hydrogens is 216 g/mol. The summed E-state index contributed by atoms with van der Waals surface area (Å²) in [6, 6.07) is 0.105. The highest BCUT2D eigenvalue weighted by Gasteiger charge is 2.22. The minimum absolute atomic E-state index is 0.105. The van der Waals surface area contributed by atoms with E-state index in [1.807, 2.05) is 6.92 Å². The second-order valence-corrected chi connectivity index (χ2v) is 5.25. The molecule has 1 saturated carbocycles. The predicted octanol–water partition coefficient (Wildman–Crippen LogP) is 1.29. The summed E-state index contributed by atoms with van der Waals surface area (Å²) in [6.07, 6.45) is 5.32. The van der Waals surface area contributed by atoms with E-state index in [1.165, 1.54) is 12.8 Å². The van der Waals surface area contributed by atoms with E-state index >= 15 is 0 Å². The highest BCUT2D eigenvalue weighted by Crippen LogP contribution is 2.30. The minimum Gasteiger partial charge on any atom is -0.383 e. The first-order valence-electron chi connectivity index (χ1n) is 6.64. The monoisotopic (exact) mass is 242 g/mol. The molecule has 0 bridgehead atoms. The molecule has 1 aliphatic carbocycles. The lowest BCUT2D eigenvalue weighted by atomic mass is 9.80. The largest absolute Gasteiger partial charge is 0.383 e. The van der Waals surface area contributed by atoms with Crippen LogP contribution in [-0.4, -0.2) is 32.2 Å². The Hall–Kier alpha value is -0.610. The Morgan fingerprint density at radius 3 is 2.47 bits per heavy atom. The van der Waals surface area contributed by atoms with Gasteiger partial charge in [0.05, 0.1) is 6.61 Å². The topological polar surface area (TPSA) is 64.3 Å². The second-order valence-electron chi connectivity index (χ2n) is 5.25. The summed E-state index contributed by atoms with van der Waals surface area (Å²) < 4.78 is 4.99. The zero-order chi connectivity index (χ0) is 12.7. The molecule has 17 heavy (non-hydrogen) atoms. The van der Waals surface area contributed by atoms with Crippen molar-refractivity contribution in [3.63, 3.8) is 0 Å². The lowest BCUT2D eigenvalue weighted by Gasteiger charge is -2.27. The highest BCUT2D eigenvalue weighted by atomic mass is 16.5. The van der Waals surface area contributed by atoms with E-state index in [0.29, 0.717) is 24.9 Å². The first kappa shape index (κ1) is 14.5. The van der Waals surface area contributed by atoms with Gasteiger partial charge in [-0.25, -0.2) is 0 Å². The standard InChI is InChI=1S/C13H26N2O2/c1-10(9-17-2)15-13(16)7-11-3-5-12(8-14)6-4-11/h10-12H,3-9,14H2,1-2H3,(H,15,16). The molecular formula is C13H26N2O2. The molecule has 4 nitrogen and oxygen atoms in total. The fourth-order valence-electron chi connectivity index (χ4n) is 2.56. The Morgan fingerprint density at radius 1 is 1.35 bits per heavy atom. The molecule has 3 N–H and O–H groups in total. The first-order valence-corrected chi connectivity index (χ1v) is 6.64. The molecule has 0 aromatic heterocycles. The summed E-state index contributed by atoms with van der Waals surface area (Å²) >= 11 is 0. The maximum atomic E-state index is 11.8. The van der Waals surface area contributed by atoms with Gasteiger partial charge in [0.25, 0.3) is 0 Å². The van der Waals surface area contributed by atoms with Crippen LogP contribution in [0.3, 0.4) is 0 Å². The normalized spacial score (nSPS) is 26.5. The fraction of sp³-hybridized carbons (Fsp3) is 0.923. The zero-order valence-electron chi connectivity index (χ0n) is 11.1. The lowest BCUT2D eigenvalue weighted by Crippen LogP contribution is -2.37. The number of amides is 1. The van der Waals surface area contributed by atoms with Crippen LogP contribution in [0, 0.1) is 11.8 Å². The van der Waals surface area contributed by atoms with Gasteiger partial charge in [-0.1, -0.05) is 0 Å². The molecule has 0 radical (unpaired) electrons. The number of nitrogens with two attached hydrogens (primary N) is 1. The van der Waals surface area contributed by atoms with Crippen LogP contribution in [0.2, 0.25) is 0 Å². The van der Waals surface area contributed by atoms with Crippen LogP contribution in [0.4, 0.5) is 0 Å². The number of carbonyl (C=O) groups excluding carboxylic acids is 1. The van der Waals surface area contributed by atoms with Crippen molar-refractivity contribution in [3.05, 3.63) is 0 Å². The summed E-state index contributed by atoms with van der Waals surface area (Å²) in [5.41, 5.74) is 5.66. The predicted molar refractivity (Wildman–Crippen MR) is 68.6 cm³/mol. The lowest BCUT2D eigenvalue weighted by molar-refractivity contribution is -0.123. The van der Waals surface area contributed by atoms with Crippen LogP contribution in [0.25, 0.3) is 0 Å². The van der Waals surface area contributed by atoms with E-state index in [4.69, 9.17) is 10.5 Å². The highest BCUT2D eigenvalue weighted by molar-refractivity contribution is 5.76. The summed E-state index contributed by atoms with van der Waals surface area (Å²) in [4.78, 5) is 11.8. The summed E-state index contributed by atoms with van der Waals surface area (Å²) in [5, 5.41) is 2.96. The third-order valence-corrected chi connectivity index (χ3v) is 3.60. The molecule has 100 valence electrons. The van der Waals surface area contributed by atoms with Crippen molar-refractivity contribution in [3.8, 4) is 0 Å². The average Bonchev–Trinajstić information content (AvgIpc) is 2.30. The number of nitrogens with one attached hydrogen (secondary N) is 1. The maximum absolute atomic E-state index is 11.8. The number of hydrogen-bond acceptors (Lipinski definition) is 3. The van der Waals surface area contributed by atoms with Crippen molar-refractivity contribution in [1.82, 2.24) is 5.32 Å². The number of hydrogen-bond donors (Lipinski definition) is 2. The summed E-state index contributed by atoms with van der Waals surface area (Å²) in [6.45, 7) is 3.34. The Morgan fingerprint density at radius 2 is 1.94 bits per heavy atom. The molecule has 0 spiro atoms. The third-order valence-electron chi connectivity index (χ3n) is 3.60. The van der Waals surface area contributed by atoms with Crippen LogP contribution in [0.15, 0.2) is 0 Å². The van der Waals surface area contributed by atoms with Crippen molar-refractivity contribution in [2.24, 2.45) is 17.6 Å². The first-order chi connectivity index (χ1) is 8.15. The van der Waals surface area contributed by atoms with Gasteiger partial charge in [-0.15, -0.1) is 0 Å². The molecule has 4 heteroatoms. The van der Waals surface area contributed by atoms with E-state index < -0.39 is 0 Å². The molecule has 1 aliphatic rings.